The van der Waals surface area contributed by atoms with Crippen molar-refractivity contribution in [3.8, 4) is 0 Å². The topological polar surface area (TPSA) is 47.6 Å². The summed E-state index contributed by atoms with van der Waals surface area (Å²) in [6, 6.07) is 0. The van der Waals surface area contributed by atoms with E-state index in [-0.39, 0.29) is 12.1 Å². The molecule has 0 radical (unpaired) electrons. The van der Waals surface area contributed by atoms with Crippen LogP contribution in [-0.4, -0.2) is 37.9 Å². The van der Waals surface area contributed by atoms with Crippen molar-refractivity contribution < 1.29 is 14.3 Å². The molecule has 1 aliphatic carbocycles. The Morgan fingerprint density at radius 2 is 2.33 bits per heavy atom. The Hall–Kier alpha value is -0.610. The second-order valence-electron chi connectivity index (χ2n) is 5.61. The van der Waals surface area contributed by atoms with Crippen molar-refractivity contribution in [3.63, 3.8) is 0 Å². The fraction of sp³-hybridized carbons (Fsp3) is 0.929. The second kappa shape index (κ2) is 6.02. The first-order valence-electron chi connectivity index (χ1n) is 7.15. The van der Waals surface area contributed by atoms with Crippen LogP contribution in [0.2, 0.25) is 0 Å². The molecular formula is C14H25NO3. The minimum atomic E-state index is -0.457. The first-order chi connectivity index (χ1) is 8.70. The maximum atomic E-state index is 12.1. The van der Waals surface area contributed by atoms with Gasteiger partial charge < -0.3 is 9.47 Å². The molecule has 4 nitrogen and oxygen atoms in total. The van der Waals surface area contributed by atoms with Crippen LogP contribution in [-0.2, 0) is 14.3 Å². The van der Waals surface area contributed by atoms with E-state index in [4.69, 9.17) is 9.47 Å². The third-order valence-electron chi connectivity index (χ3n) is 4.46. The maximum Gasteiger partial charge on any atom is 0.326 e. The number of carbonyl (C=O) groups excluding carboxylic acids is 1. The molecule has 0 aromatic carbocycles. The minimum absolute atomic E-state index is 0.101. The van der Waals surface area contributed by atoms with Crippen molar-refractivity contribution in [2.24, 2.45) is 5.92 Å². The van der Waals surface area contributed by atoms with Crippen LogP contribution in [0.4, 0.5) is 0 Å². The van der Waals surface area contributed by atoms with Crippen LogP contribution in [0.5, 0.6) is 0 Å². The van der Waals surface area contributed by atoms with Gasteiger partial charge in [0.1, 0.15) is 5.54 Å². The van der Waals surface area contributed by atoms with Gasteiger partial charge in [0, 0.05) is 13.2 Å². The van der Waals surface area contributed by atoms with Crippen LogP contribution in [0.3, 0.4) is 0 Å². The average molecular weight is 255 g/mol. The molecule has 0 spiro atoms. The molecule has 2 aliphatic rings. The van der Waals surface area contributed by atoms with Crippen molar-refractivity contribution in [1.29, 1.82) is 0 Å². The van der Waals surface area contributed by atoms with E-state index in [0.29, 0.717) is 5.92 Å². The SMILES string of the molecule is CCC1CCC(NCC2CCCO2)(C(=O)OC)C1. The molecule has 2 rings (SSSR count). The highest BCUT2D eigenvalue weighted by molar-refractivity contribution is 5.81. The van der Waals surface area contributed by atoms with Gasteiger partial charge in [-0.25, -0.2) is 0 Å². The molecule has 2 fully saturated rings. The van der Waals surface area contributed by atoms with Gasteiger partial charge in [-0.05, 0) is 38.0 Å². The summed E-state index contributed by atoms with van der Waals surface area (Å²) in [6.45, 7) is 3.82. The van der Waals surface area contributed by atoms with Crippen molar-refractivity contribution in [2.75, 3.05) is 20.3 Å². The highest BCUT2D eigenvalue weighted by atomic mass is 16.5. The molecule has 104 valence electrons. The van der Waals surface area contributed by atoms with E-state index >= 15 is 0 Å². The Morgan fingerprint density at radius 3 is 2.89 bits per heavy atom. The van der Waals surface area contributed by atoms with E-state index < -0.39 is 5.54 Å². The monoisotopic (exact) mass is 255 g/mol. The van der Waals surface area contributed by atoms with Gasteiger partial charge in [-0.2, -0.15) is 0 Å². The number of hydrogen-bond donors (Lipinski definition) is 1. The quantitative estimate of drug-likeness (QED) is 0.762. The minimum Gasteiger partial charge on any atom is -0.468 e. The smallest absolute Gasteiger partial charge is 0.326 e. The molecule has 1 saturated heterocycles. The standard InChI is InChI=1S/C14H25NO3/c1-3-11-6-7-14(9-11,13(16)17-2)15-10-12-5-4-8-18-12/h11-12,15H,3-10H2,1-2H3. The van der Waals surface area contributed by atoms with Crippen molar-refractivity contribution >= 4 is 5.97 Å². The number of methoxy groups -OCH3 is 1. The van der Waals surface area contributed by atoms with Gasteiger partial charge in [0.05, 0.1) is 13.2 Å². The number of nitrogens with one attached hydrogen (secondary N) is 1. The summed E-state index contributed by atoms with van der Waals surface area (Å²) < 4.78 is 10.6. The van der Waals surface area contributed by atoms with E-state index in [0.717, 1.165) is 51.7 Å². The van der Waals surface area contributed by atoms with Gasteiger partial charge in [-0.1, -0.05) is 13.3 Å². The summed E-state index contributed by atoms with van der Waals surface area (Å²) >= 11 is 0. The van der Waals surface area contributed by atoms with Crippen LogP contribution in [0, 0.1) is 5.92 Å². The van der Waals surface area contributed by atoms with E-state index in [1.165, 1.54) is 7.11 Å². The number of carbonyl (C=O) groups is 1. The predicted molar refractivity (Wildman–Crippen MR) is 69.4 cm³/mol. The molecule has 0 aromatic rings. The second-order valence-corrected chi connectivity index (χ2v) is 5.61. The Balaban J connectivity index is 1.94. The van der Waals surface area contributed by atoms with Crippen molar-refractivity contribution in [2.45, 2.75) is 57.1 Å². The zero-order valence-electron chi connectivity index (χ0n) is 11.5. The molecule has 1 heterocycles. The van der Waals surface area contributed by atoms with Gasteiger partial charge in [0.15, 0.2) is 0 Å². The summed E-state index contributed by atoms with van der Waals surface area (Å²) in [5.41, 5.74) is -0.457. The molecule has 3 atom stereocenters. The van der Waals surface area contributed by atoms with E-state index in [1.54, 1.807) is 0 Å². The summed E-state index contributed by atoms with van der Waals surface area (Å²) in [6.07, 6.45) is 6.56. The molecule has 1 aliphatic heterocycles. The van der Waals surface area contributed by atoms with E-state index in [9.17, 15) is 4.79 Å². The van der Waals surface area contributed by atoms with Crippen LogP contribution in [0.1, 0.15) is 45.4 Å². The van der Waals surface area contributed by atoms with Gasteiger partial charge in [-0.15, -0.1) is 0 Å². The maximum absolute atomic E-state index is 12.1. The highest BCUT2D eigenvalue weighted by Crippen LogP contribution is 2.37. The average Bonchev–Trinajstić information content (AvgIpc) is 3.05. The third-order valence-corrected chi connectivity index (χ3v) is 4.46. The van der Waals surface area contributed by atoms with E-state index in [1.807, 2.05) is 0 Å². The van der Waals surface area contributed by atoms with Gasteiger partial charge in [-0.3, -0.25) is 10.1 Å². The van der Waals surface area contributed by atoms with Gasteiger partial charge in [0.2, 0.25) is 0 Å². The number of rotatable bonds is 5. The fourth-order valence-corrected chi connectivity index (χ4v) is 3.22. The molecule has 4 heteroatoms. The van der Waals surface area contributed by atoms with Crippen LogP contribution < -0.4 is 5.32 Å². The zero-order valence-corrected chi connectivity index (χ0v) is 11.5. The summed E-state index contributed by atoms with van der Waals surface area (Å²) in [5, 5.41) is 3.45. The largest absolute Gasteiger partial charge is 0.468 e. The predicted octanol–water partition coefficient (Wildman–Crippen LogP) is 1.88. The number of ether oxygens (including phenoxy) is 2. The Bertz CT molecular complexity index is 289. The van der Waals surface area contributed by atoms with Crippen LogP contribution in [0.25, 0.3) is 0 Å². The summed E-state index contributed by atoms with van der Waals surface area (Å²) in [5.74, 6) is 0.539. The molecule has 1 saturated carbocycles. The molecule has 0 aromatic heterocycles. The number of hydrogen-bond acceptors (Lipinski definition) is 4. The summed E-state index contributed by atoms with van der Waals surface area (Å²) in [4.78, 5) is 12.1. The molecule has 18 heavy (non-hydrogen) atoms. The molecule has 0 amide bonds. The lowest BCUT2D eigenvalue weighted by Crippen LogP contribution is -2.53. The fourth-order valence-electron chi connectivity index (χ4n) is 3.22. The van der Waals surface area contributed by atoms with E-state index in [2.05, 4.69) is 12.2 Å². The number of esters is 1. The molecule has 3 unspecified atom stereocenters. The summed E-state index contributed by atoms with van der Waals surface area (Å²) in [7, 11) is 1.48. The zero-order chi connectivity index (χ0) is 13.0. The first kappa shape index (κ1) is 13.8. The lowest BCUT2D eigenvalue weighted by atomic mass is 9.94. The first-order valence-corrected chi connectivity index (χ1v) is 7.15. The van der Waals surface area contributed by atoms with Gasteiger partial charge >= 0.3 is 5.97 Å². The molecular weight excluding hydrogens is 230 g/mol. The Morgan fingerprint density at radius 1 is 1.50 bits per heavy atom. The normalized spacial score (nSPS) is 35.9. The lowest BCUT2D eigenvalue weighted by Gasteiger charge is -2.29. The third kappa shape index (κ3) is 2.86. The molecule has 1 N–H and O–H groups in total. The van der Waals surface area contributed by atoms with Crippen molar-refractivity contribution in [1.82, 2.24) is 5.32 Å². The Labute approximate surface area is 109 Å². The van der Waals surface area contributed by atoms with Crippen molar-refractivity contribution in [3.05, 3.63) is 0 Å². The highest BCUT2D eigenvalue weighted by Gasteiger charge is 2.45. The van der Waals surface area contributed by atoms with Crippen LogP contribution >= 0.6 is 0 Å². The molecule has 0 bridgehead atoms. The lowest BCUT2D eigenvalue weighted by molar-refractivity contribution is -0.148. The Kier molecular flexibility index (Phi) is 4.62. The van der Waals surface area contributed by atoms with Crippen LogP contribution in [0.15, 0.2) is 0 Å². The van der Waals surface area contributed by atoms with Gasteiger partial charge in [0.25, 0.3) is 0 Å².